The number of halogens is 1. The van der Waals surface area contributed by atoms with Crippen LogP contribution in [-0.4, -0.2) is 6.04 Å². The van der Waals surface area contributed by atoms with E-state index in [0.29, 0.717) is 11.5 Å². The average molecular weight is 264 g/mol. The van der Waals surface area contributed by atoms with Gasteiger partial charge in [-0.1, -0.05) is 35.9 Å². The van der Waals surface area contributed by atoms with E-state index in [9.17, 15) is 0 Å². The fraction of sp³-hybridized carbons (Fsp3) is 0.500. The summed E-state index contributed by atoms with van der Waals surface area (Å²) in [5.41, 5.74) is 10.8. The number of hydrogen-bond donors (Lipinski definition) is 1. The van der Waals surface area contributed by atoms with Crippen LogP contribution in [0.5, 0.6) is 0 Å². The van der Waals surface area contributed by atoms with Gasteiger partial charge >= 0.3 is 0 Å². The Kier molecular flexibility index (Phi) is 3.84. The highest BCUT2D eigenvalue weighted by molar-refractivity contribution is 5.85. The highest BCUT2D eigenvalue weighted by Crippen LogP contribution is 2.46. The van der Waals surface area contributed by atoms with E-state index in [1.54, 1.807) is 5.56 Å². The van der Waals surface area contributed by atoms with Crippen molar-refractivity contribution in [1.29, 1.82) is 0 Å². The van der Waals surface area contributed by atoms with Gasteiger partial charge in [0.15, 0.2) is 0 Å². The monoisotopic (exact) mass is 263 g/mol. The average Bonchev–Trinajstić information content (AvgIpc) is 2.33. The molecule has 2 aliphatic rings. The van der Waals surface area contributed by atoms with Gasteiger partial charge in [0.2, 0.25) is 0 Å². The Bertz CT molecular complexity index is 456. The van der Waals surface area contributed by atoms with Gasteiger partial charge in [0.1, 0.15) is 0 Å². The predicted molar refractivity (Wildman–Crippen MR) is 80.2 cm³/mol. The van der Waals surface area contributed by atoms with Crippen LogP contribution in [0.3, 0.4) is 0 Å². The zero-order chi connectivity index (χ0) is 11.9. The van der Waals surface area contributed by atoms with Crippen LogP contribution in [-0.2, 0) is 5.41 Å². The molecule has 0 saturated heterocycles. The molecule has 18 heavy (non-hydrogen) atoms. The van der Waals surface area contributed by atoms with Crippen LogP contribution in [0.4, 0.5) is 0 Å². The normalized spacial score (nSPS) is 29.8. The number of allylic oxidation sites excluding steroid dienone is 1. The summed E-state index contributed by atoms with van der Waals surface area (Å²) in [6.07, 6.45) is 10.7. The summed E-state index contributed by atoms with van der Waals surface area (Å²) in [6, 6.07) is 7.36. The maximum atomic E-state index is 6.05. The van der Waals surface area contributed by atoms with Gasteiger partial charge in [0, 0.05) is 6.04 Å². The van der Waals surface area contributed by atoms with Gasteiger partial charge in [0.25, 0.3) is 0 Å². The minimum atomic E-state index is 0. The van der Waals surface area contributed by atoms with Gasteiger partial charge in [-0.05, 0) is 55.6 Å². The van der Waals surface area contributed by atoms with Crippen LogP contribution in [0, 0.1) is 6.92 Å². The summed E-state index contributed by atoms with van der Waals surface area (Å²) < 4.78 is 0. The molecule has 1 aromatic carbocycles. The largest absolute Gasteiger partial charge is 0.328 e. The molecule has 1 saturated carbocycles. The summed E-state index contributed by atoms with van der Waals surface area (Å²) in [4.78, 5) is 0. The third-order valence-electron chi connectivity index (χ3n) is 4.57. The molecule has 0 aliphatic heterocycles. The van der Waals surface area contributed by atoms with Gasteiger partial charge in [0.05, 0.1) is 0 Å². The maximum Gasteiger partial charge on any atom is 0.00394 e. The van der Waals surface area contributed by atoms with Gasteiger partial charge in [-0.25, -0.2) is 0 Å². The molecule has 98 valence electrons. The van der Waals surface area contributed by atoms with Crippen LogP contribution < -0.4 is 5.73 Å². The van der Waals surface area contributed by atoms with Crippen molar-refractivity contribution in [1.82, 2.24) is 0 Å². The second-order valence-corrected chi connectivity index (χ2v) is 5.81. The number of benzene rings is 1. The molecule has 2 heteroatoms. The Morgan fingerprint density at radius 2 is 1.94 bits per heavy atom. The number of nitrogens with two attached hydrogens (primary N) is 1. The molecule has 1 nitrogen and oxygen atoms in total. The summed E-state index contributed by atoms with van der Waals surface area (Å²) in [6.45, 7) is 2.17. The number of fused-ring (bicyclic) bond motifs is 2. The Labute approximate surface area is 116 Å². The Morgan fingerprint density at radius 1 is 1.22 bits per heavy atom. The van der Waals surface area contributed by atoms with Crippen LogP contribution in [0.2, 0.25) is 0 Å². The van der Waals surface area contributed by atoms with Crippen LogP contribution >= 0.6 is 12.4 Å². The molecular formula is C16H22ClN. The van der Waals surface area contributed by atoms with E-state index in [-0.39, 0.29) is 12.4 Å². The summed E-state index contributed by atoms with van der Waals surface area (Å²) in [7, 11) is 0. The molecule has 2 aliphatic carbocycles. The van der Waals surface area contributed by atoms with E-state index < -0.39 is 0 Å². The van der Waals surface area contributed by atoms with Crippen molar-refractivity contribution < 1.29 is 0 Å². The van der Waals surface area contributed by atoms with Crippen molar-refractivity contribution in [2.45, 2.75) is 50.5 Å². The van der Waals surface area contributed by atoms with E-state index in [1.165, 1.54) is 43.2 Å². The lowest BCUT2D eigenvalue weighted by molar-refractivity contribution is 0.269. The molecule has 0 unspecified atom stereocenters. The van der Waals surface area contributed by atoms with E-state index in [0.717, 1.165) is 0 Å². The molecule has 0 atom stereocenters. The lowest BCUT2D eigenvalue weighted by atomic mass is 9.63. The molecule has 1 aromatic rings. The first-order valence-corrected chi connectivity index (χ1v) is 6.73. The predicted octanol–water partition coefficient (Wildman–Crippen LogP) is 3.97. The number of rotatable bonds is 0. The first-order chi connectivity index (χ1) is 8.20. The lowest BCUT2D eigenvalue weighted by Crippen LogP contribution is -2.38. The second-order valence-electron chi connectivity index (χ2n) is 5.81. The molecule has 0 radical (unpaired) electrons. The van der Waals surface area contributed by atoms with Crippen molar-refractivity contribution in [3.63, 3.8) is 0 Å². The fourth-order valence-electron chi connectivity index (χ4n) is 3.49. The fourth-order valence-corrected chi connectivity index (χ4v) is 3.49. The molecule has 2 N–H and O–H groups in total. The second kappa shape index (κ2) is 5.07. The van der Waals surface area contributed by atoms with Crippen molar-refractivity contribution >= 4 is 18.5 Å². The van der Waals surface area contributed by atoms with Crippen LogP contribution in [0.1, 0.15) is 48.8 Å². The van der Waals surface area contributed by atoms with Gasteiger partial charge < -0.3 is 5.73 Å². The Morgan fingerprint density at radius 3 is 2.67 bits per heavy atom. The quantitative estimate of drug-likeness (QED) is 0.753. The molecule has 0 bridgehead atoms. The highest BCUT2D eigenvalue weighted by Gasteiger charge is 2.37. The molecule has 1 fully saturated rings. The van der Waals surface area contributed by atoms with Crippen molar-refractivity contribution in [2.24, 2.45) is 5.73 Å². The molecule has 0 heterocycles. The Balaban J connectivity index is 0.00000120. The smallest absolute Gasteiger partial charge is 0.00394 e. The Hall–Kier alpha value is -0.790. The van der Waals surface area contributed by atoms with Gasteiger partial charge in [-0.2, -0.15) is 0 Å². The zero-order valence-corrected chi connectivity index (χ0v) is 11.8. The van der Waals surface area contributed by atoms with E-state index >= 15 is 0 Å². The summed E-state index contributed by atoms with van der Waals surface area (Å²) in [5.74, 6) is 0. The topological polar surface area (TPSA) is 26.0 Å². The summed E-state index contributed by atoms with van der Waals surface area (Å²) >= 11 is 0. The number of aryl methyl sites for hydroxylation is 1. The number of hydrogen-bond acceptors (Lipinski definition) is 1. The first kappa shape index (κ1) is 13.6. The van der Waals surface area contributed by atoms with E-state index in [2.05, 4.69) is 37.3 Å². The molecule has 1 spiro atoms. The highest BCUT2D eigenvalue weighted by atomic mass is 35.5. The van der Waals surface area contributed by atoms with Crippen molar-refractivity contribution in [3.8, 4) is 0 Å². The zero-order valence-electron chi connectivity index (χ0n) is 11.0. The lowest BCUT2D eigenvalue weighted by Gasteiger charge is -2.42. The van der Waals surface area contributed by atoms with Gasteiger partial charge in [-0.3, -0.25) is 0 Å². The van der Waals surface area contributed by atoms with Crippen LogP contribution in [0.15, 0.2) is 24.3 Å². The summed E-state index contributed by atoms with van der Waals surface area (Å²) in [5, 5.41) is 0. The van der Waals surface area contributed by atoms with Crippen LogP contribution in [0.25, 0.3) is 6.08 Å². The standard InChI is InChI=1S/C16H21N.ClH/c1-12-4-5-15-13(11-12)3-2-8-16(15)9-6-14(17)7-10-16;/h2-5,11,14H,6-10,17H2,1H3;1H. The van der Waals surface area contributed by atoms with E-state index in [4.69, 9.17) is 5.73 Å². The SMILES string of the molecule is Cc1ccc2c(c1)C=CCC21CCC(N)CC1.Cl. The van der Waals surface area contributed by atoms with E-state index in [1.807, 2.05) is 0 Å². The molecule has 0 aromatic heterocycles. The minimum absolute atomic E-state index is 0. The molecule has 0 amide bonds. The maximum absolute atomic E-state index is 6.05. The van der Waals surface area contributed by atoms with Gasteiger partial charge in [-0.15, -0.1) is 12.4 Å². The molecule has 3 rings (SSSR count). The third kappa shape index (κ3) is 2.22. The molecular weight excluding hydrogens is 242 g/mol. The third-order valence-corrected chi connectivity index (χ3v) is 4.57. The minimum Gasteiger partial charge on any atom is -0.328 e. The van der Waals surface area contributed by atoms with Crippen molar-refractivity contribution in [2.75, 3.05) is 0 Å². The van der Waals surface area contributed by atoms with Crippen molar-refractivity contribution in [3.05, 3.63) is 41.0 Å². The first-order valence-electron chi connectivity index (χ1n) is 6.73.